The van der Waals surface area contributed by atoms with Gasteiger partial charge in [-0.3, -0.25) is 0 Å². The second kappa shape index (κ2) is 7.88. The van der Waals surface area contributed by atoms with Crippen molar-refractivity contribution in [3.05, 3.63) is 28.7 Å². The molecule has 4 heteroatoms. The Morgan fingerprint density at radius 1 is 1.21 bits per heavy atom. The van der Waals surface area contributed by atoms with E-state index in [2.05, 4.69) is 21.2 Å². The van der Waals surface area contributed by atoms with Crippen LogP contribution in [0.5, 0.6) is 5.75 Å². The Kier molecular flexibility index (Phi) is 6.14. The molecule has 0 saturated heterocycles. The number of halogens is 1. The number of benzene rings is 1. The van der Waals surface area contributed by atoms with Gasteiger partial charge in [-0.2, -0.15) is 0 Å². The molecule has 0 spiro atoms. The molecule has 2 atom stereocenters. The summed E-state index contributed by atoms with van der Waals surface area (Å²) >= 11 is 3.40. The summed E-state index contributed by atoms with van der Waals surface area (Å²) in [5, 5.41) is 13.2. The Bertz CT molecular complexity index is 369. The van der Waals surface area contributed by atoms with Gasteiger partial charge in [0.05, 0.1) is 6.10 Å². The number of nitrogens with one attached hydrogen (secondary N) is 1. The molecule has 2 unspecified atom stereocenters. The highest BCUT2D eigenvalue weighted by Crippen LogP contribution is 2.23. The fourth-order valence-electron chi connectivity index (χ4n) is 2.49. The highest BCUT2D eigenvalue weighted by molar-refractivity contribution is 9.10. The quantitative estimate of drug-likeness (QED) is 0.789. The van der Waals surface area contributed by atoms with Crippen LogP contribution in [0.1, 0.15) is 25.7 Å². The minimum Gasteiger partial charge on any atom is -0.492 e. The molecule has 1 aromatic carbocycles. The number of hydrogen-bond acceptors (Lipinski definition) is 3. The molecule has 2 rings (SSSR count). The fraction of sp³-hybridized carbons (Fsp3) is 0.600. The first-order chi connectivity index (χ1) is 9.25. The third-order valence-electron chi connectivity index (χ3n) is 3.64. The van der Waals surface area contributed by atoms with Crippen molar-refractivity contribution in [3.63, 3.8) is 0 Å². The Hall–Kier alpha value is -0.580. The van der Waals surface area contributed by atoms with E-state index in [0.29, 0.717) is 12.5 Å². The molecule has 106 valence electrons. The Morgan fingerprint density at radius 3 is 2.68 bits per heavy atom. The van der Waals surface area contributed by atoms with Crippen molar-refractivity contribution in [3.8, 4) is 5.75 Å². The van der Waals surface area contributed by atoms with Crippen LogP contribution in [0.2, 0.25) is 0 Å². The molecular formula is C15H22BrNO2. The summed E-state index contributed by atoms with van der Waals surface area (Å²) in [6.07, 6.45) is 4.40. The second-order valence-corrected chi connectivity index (χ2v) is 6.03. The lowest BCUT2D eigenvalue weighted by atomic mass is 9.86. The van der Waals surface area contributed by atoms with E-state index in [9.17, 15) is 5.11 Å². The smallest absolute Gasteiger partial charge is 0.119 e. The highest BCUT2D eigenvalue weighted by Gasteiger charge is 2.22. The first-order valence-electron chi connectivity index (χ1n) is 7.03. The van der Waals surface area contributed by atoms with Crippen LogP contribution < -0.4 is 10.1 Å². The molecule has 0 heterocycles. The summed E-state index contributed by atoms with van der Waals surface area (Å²) in [4.78, 5) is 0. The lowest BCUT2D eigenvalue weighted by molar-refractivity contribution is 0.0692. The minimum atomic E-state index is -0.117. The number of rotatable bonds is 6. The van der Waals surface area contributed by atoms with Gasteiger partial charge in [-0.1, -0.05) is 28.8 Å². The number of aliphatic hydroxyl groups is 1. The van der Waals surface area contributed by atoms with E-state index >= 15 is 0 Å². The van der Waals surface area contributed by atoms with Crippen LogP contribution in [0.25, 0.3) is 0 Å². The molecule has 1 fully saturated rings. The van der Waals surface area contributed by atoms with Crippen molar-refractivity contribution in [1.82, 2.24) is 5.32 Å². The van der Waals surface area contributed by atoms with Gasteiger partial charge in [-0.05, 0) is 43.0 Å². The molecule has 0 radical (unpaired) electrons. The van der Waals surface area contributed by atoms with Crippen molar-refractivity contribution in [2.75, 3.05) is 19.7 Å². The molecular weight excluding hydrogens is 306 g/mol. The summed E-state index contributed by atoms with van der Waals surface area (Å²) in [5.41, 5.74) is 0. The highest BCUT2D eigenvalue weighted by atomic mass is 79.9. The van der Waals surface area contributed by atoms with E-state index in [1.165, 1.54) is 12.8 Å². The van der Waals surface area contributed by atoms with Crippen LogP contribution in [0.15, 0.2) is 28.7 Å². The number of aliphatic hydroxyl groups excluding tert-OH is 1. The minimum absolute atomic E-state index is 0.117. The predicted octanol–water partition coefficient (Wildman–Crippen LogP) is 2.97. The SMILES string of the molecule is OC1CCCCC1CNCCOc1ccc(Br)cc1. The van der Waals surface area contributed by atoms with Gasteiger partial charge in [-0.25, -0.2) is 0 Å². The van der Waals surface area contributed by atoms with Crippen LogP contribution in [-0.4, -0.2) is 30.9 Å². The van der Waals surface area contributed by atoms with Crippen molar-refractivity contribution in [2.24, 2.45) is 5.92 Å². The summed E-state index contributed by atoms with van der Waals surface area (Å²) in [6, 6.07) is 7.85. The maximum atomic E-state index is 9.85. The topological polar surface area (TPSA) is 41.5 Å². The van der Waals surface area contributed by atoms with Gasteiger partial charge in [0.15, 0.2) is 0 Å². The zero-order valence-corrected chi connectivity index (χ0v) is 12.7. The number of ether oxygens (including phenoxy) is 1. The van der Waals surface area contributed by atoms with Gasteiger partial charge >= 0.3 is 0 Å². The molecule has 1 aliphatic rings. The fourth-order valence-corrected chi connectivity index (χ4v) is 2.75. The molecule has 0 amide bonds. The molecule has 19 heavy (non-hydrogen) atoms. The molecule has 0 bridgehead atoms. The van der Waals surface area contributed by atoms with Gasteiger partial charge in [-0.15, -0.1) is 0 Å². The van der Waals surface area contributed by atoms with E-state index < -0.39 is 0 Å². The van der Waals surface area contributed by atoms with E-state index in [-0.39, 0.29) is 6.10 Å². The van der Waals surface area contributed by atoms with Crippen LogP contribution >= 0.6 is 15.9 Å². The lowest BCUT2D eigenvalue weighted by Crippen LogP contribution is -2.35. The molecule has 2 N–H and O–H groups in total. The largest absolute Gasteiger partial charge is 0.492 e. The van der Waals surface area contributed by atoms with Gasteiger partial charge in [0.2, 0.25) is 0 Å². The average molecular weight is 328 g/mol. The van der Waals surface area contributed by atoms with E-state index in [1.807, 2.05) is 24.3 Å². The van der Waals surface area contributed by atoms with Gasteiger partial charge in [0, 0.05) is 17.6 Å². The molecule has 3 nitrogen and oxygen atoms in total. The van der Waals surface area contributed by atoms with E-state index in [0.717, 1.165) is 36.2 Å². The van der Waals surface area contributed by atoms with Gasteiger partial charge in [0.25, 0.3) is 0 Å². The Morgan fingerprint density at radius 2 is 1.95 bits per heavy atom. The summed E-state index contributed by atoms with van der Waals surface area (Å²) in [7, 11) is 0. The first-order valence-corrected chi connectivity index (χ1v) is 7.82. The van der Waals surface area contributed by atoms with Gasteiger partial charge < -0.3 is 15.2 Å². The lowest BCUT2D eigenvalue weighted by Gasteiger charge is -2.27. The molecule has 1 saturated carbocycles. The zero-order chi connectivity index (χ0) is 13.5. The maximum absolute atomic E-state index is 9.85. The monoisotopic (exact) mass is 327 g/mol. The van der Waals surface area contributed by atoms with Gasteiger partial charge in [0.1, 0.15) is 12.4 Å². The predicted molar refractivity (Wildman–Crippen MR) is 80.5 cm³/mol. The number of hydrogen-bond donors (Lipinski definition) is 2. The summed E-state index contributed by atoms with van der Waals surface area (Å²) in [5.74, 6) is 1.31. The summed E-state index contributed by atoms with van der Waals surface area (Å²) in [6.45, 7) is 2.37. The normalized spacial score (nSPS) is 23.3. The van der Waals surface area contributed by atoms with Crippen molar-refractivity contribution in [1.29, 1.82) is 0 Å². The Labute approximate surface area is 123 Å². The third kappa shape index (κ3) is 5.13. The van der Waals surface area contributed by atoms with Crippen LogP contribution in [0.3, 0.4) is 0 Å². The summed E-state index contributed by atoms with van der Waals surface area (Å²) < 4.78 is 6.69. The van der Waals surface area contributed by atoms with Crippen molar-refractivity contribution >= 4 is 15.9 Å². The first kappa shape index (κ1) is 14.8. The standard InChI is InChI=1S/C15H22BrNO2/c16-13-5-7-14(8-6-13)19-10-9-17-11-12-3-1-2-4-15(12)18/h5-8,12,15,17-18H,1-4,9-11H2. The second-order valence-electron chi connectivity index (χ2n) is 5.12. The Balaban J connectivity index is 1.58. The van der Waals surface area contributed by atoms with Crippen molar-refractivity contribution < 1.29 is 9.84 Å². The van der Waals surface area contributed by atoms with Crippen molar-refractivity contribution in [2.45, 2.75) is 31.8 Å². The van der Waals surface area contributed by atoms with Crippen LogP contribution in [0.4, 0.5) is 0 Å². The average Bonchev–Trinajstić information content (AvgIpc) is 2.42. The van der Waals surface area contributed by atoms with E-state index in [1.54, 1.807) is 0 Å². The molecule has 0 aromatic heterocycles. The van der Waals surface area contributed by atoms with Crippen LogP contribution in [0, 0.1) is 5.92 Å². The molecule has 1 aliphatic carbocycles. The zero-order valence-electron chi connectivity index (χ0n) is 11.1. The maximum Gasteiger partial charge on any atom is 0.119 e. The van der Waals surface area contributed by atoms with Crippen LogP contribution in [-0.2, 0) is 0 Å². The third-order valence-corrected chi connectivity index (χ3v) is 4.17. The molecule has 1 aromatic rings. The van der Waals surface area contributed by atoms with E-state index in [4.69, 9.17) is 4.74 Å². The molecule has 0 aliphatic heterocycles.